The maximum Gasteiger partial charge on any atom is 0.187 e. The summed E-state index contributed by atoms with van der Waals surface area (Å²) in [6.07, 6.45) is 6.88. The van der Waals surface area contributed by atoms with Crippen molar-refractivity contribution in [2.75, 3.05) is 30.8 Å². The Morgan fingerprint density at radius 3 is 2.58 bits per heavy atom. The summed E-state index contributed by atoms with van der Waals surface area (Å²) in [5.74, 6) is 1.06. The van der Waals surface area contributed by atoms with E-state index in [-0.39, 0.29) is 5.54 Å². The Bertz CT molecular complexity index is 726. The fourth-order valence-corrected chi connectivity index (χ4v) is 3.98. The first-order valence-electron chi connectivity index (χ1n) is 9.27. The second-order valence-electron chi connectivity index (χ2n) is 7.71. The zero-order chi connectivity index (χ0) is 18.7. The average molecular weight is 372 g/mol. The van der Waals surface area contributed by atoms with Gasteiger partial charge in [-0.15, -0.1) is 0 Å². The predicted molar refractivity (Wildman–Crippen MR) is 110 cm³/mol. The van der Waals surface area contributed by atoms with E-state index in [1.54, 1.807) is 18.0 Å². The molecule has 2 aromatic heterocycles. The quantitative estimate of drug-likeness (QED) is 0.599. The second-order valence-corrected chi connectivity index (χ2v) is 8.48. The van der Waals surface area contributed by atoms with E-state index in [4.69, 9.17) is 4.98 Å². The van der Waals surface area contributed by atoms with Gasteiger partial charge in [0.2, 0.25) is 0 Å². The van der Waals surface area contributed by atoms with Crippen LogP contribution in [0.4, 0.5) is 5.82 Å². The molecule has 140 valence electrons. The third-order valence-electron chi connectivity index (χ3n) is 5.00. The Morgan fingerprint density at radius 1 is 1.15 bits per heavy atom. The Labute approximate surface area is 161 Å². The van der Waals surface area contributed by atoms with Crippen LogP contribution in [0, 0.1) is 0 Å². The van der Waals surface area contributed by atoms with Crippen LogP contribution in [0.15, 0.2) is 35.7 Å². The summed E-state index contributed by atoms with van der Waals surface area (Å²) in [7, 11) is 0. The van der Waals surface area contributed by atoms with Crippen LogP contribution in [0.25, 0.3) is 11.3 Å². The topological polar surface area (TPSA) is 45.2 Å². The predicted octanol–water partition coefficient (Wildman–Crippen LogP) is 3.96. The lowest BCUT2D eigenvalue weighted by molar-refractivity contribution is 0.0684. The molecule has 0 aromatic carbocycles. The maximum atomic E-state index is 4.73. The number of hydrogen-bond acceptors (Lipinski definition) is 6. The normalized spacial score (nSPS) is 19.0. The van der Waals surface area contributed by atoms with E-state index in [9.17, 15) is 0 Å². The summed E-state index contributed by atoms with van der Waals surface area (Å²) in [4.78, 5) is 18.6. The average Bonchev–Trinajstić information content (AvgIpc) is 2.67. The molecule has 1 saturated heterocycles. The third-order valence-corrected chi connectivity index (χ3v) is 5.56. The zero-order valence-electron chi connectivity index (χ0n) is 16.4. The van der Waals surface area contributed by atoms with Crippen LogP contribution >= 0.6 is 11.8 Å². The Balaban J connectivity index is 1.75. The van der Waals surface area contributed by atoms with Crippen LogP contribution in [0.2, 0.25) is 0 Å². The van der Waals surface area contributed by atoms with Gasteiger partial charge in [0.05, 0.1) is 5.69 Å². The van der Waals surface area contributed by atoms with Crippen molar-refractivity contribution in [3.8, 4) is 11.3 Å². The van der Waals surface area contributed by atoms with Crippen LogP contribution < -0.4 is 4.90 Å². The van der Waals surface area contributed by atoms with Crippen molar-refractivity contribution < 1.29 is 0 Å². The van der Waals surface area contributed by atoms with Gasteiger partial charge in [-0.05, 0) is 51.6 Å². The largest absolute Gasteiger partial charge is 0.354 e. The molecule has 0 aliphatic carbocycles. The SMILES string of the molecule is CCC1CN(c2ccc(-c3ccnc(SC)n3)cn2)CCN1C(C)(C)C. The molecule has 2 aromatic rings. The number of rotatable bonds is 4. The molecule has 0 bridgehead atoms. The minimum absolute atomic E-state index is 0.214. The summed E-state index contributed by atoms with van der Waals surface area (Å²) in [6, 6.07) is 6.74. The summed E-state index contributed by atoms with van der Waals surface area (Å²) in [5.41, 5.74) is 2.17. The third kappa shape index (κ3) is 4.18. The first-order valence-corrected chi connectivity index (χ1v) is 10.5. The Morgan fingerprint density at radius 2 is 1.96 bits per heavy atom. The second kappa shape index (κ2) is 7.92. The van der Waals surface area contributed by atoms with Gasteiger partial charge in [0, 0.05) is 49.2 Å². The minimum atomic E-state index is 0.214. The zero-order valence-corrected chi connectivity index (χ0v) is 17.3. The van der Waals surface area contributed by atoms with Crippen molar-refractivity contribution in [1.82, 2.24) is 19.9 Å². The summed E-state index contributed by atoms with van der Waals surface area (Å²) >= 11 is 1.55. The van der Waals surface area contributed by atoms with Crippen molar-refractivity contribution in [2.45, 2.75) is 50.9 Å². The molecular weight excluding hydrogens is 342 g/mol. The highest BCUT2D eigenvalue weighted by Gasteiger charge is 2.33. The molecule has 1 unspecified atom stereocenters. The highest BCUT2D eigenvalue weighted by Crippen LogP contribution is 2.26. The molecule has 26 heavy (non-hydrogen) atoms. The van der Waals surface area contributed by atoms with Crippen molar-refractivity contribution in [1.29, 1.82) is 0 Å². The molecular formula is C20H29N5S. The van der Waals surface area contributed by atoms with E-state index in [0.717, 1.165) is 48.3 Å². The molecule has 0 N–H and O–H groups in total. The number of piperazine rings is 1. The molecule has 0 saturated carbocycles. The van der Waals surface area contributed by atoms with Crippen LogP contribution in [0.3, 0.4) is 0 Å². The summed E-state index contributed by atoms with van der Waals surface area (Å²) in [6.45, 7) is 12.3. The standard InChI is InChI=1S/C20H29N5S/c1-6-16-14-24(11-12-25(16)20(2,3)4)18-8-7-15(13-22-18)17-9-10-21-19(23-17)26-5/h7-10,13,16H,6,11-12,14H2,1-5H3. The lowest BCUT2D eigenvalue weighted by atomic mass is 9.98. The van der Waals surface area contributed by atoms with Gasteiger partial charge in [-0.2, -0.15) is 0 Å². The van der Waals surface area contributed by atoms with E-state index in [2.05, 4.69) is 59.6 Å². The van der Waals surface area contributed by atoms with E-state index in [1.807, 2.05) is 18.5 Å². The number of hydrogen-bond donors (Lipinski definition) is 0. The minimum Gasteiger partial charge on any atom is -0.354 e. The van der Waals surface area contributed by atoms with E-state index >= 15 is 0 Å². The van der Waals surface area contributed by atoms with Gasteiger partial charge < -0.3 is 4.90 Å². The fourth-order valence-electron chi connectivity index (χ4n) is 3.62. The van der Waals surface area contributed by atoms with Gasteiger partial charge in [-0.25, -0.2) is 15.0 Å². The van der Waals surface area contributed by atoms with Gasteiger partial charge >= 0.3 is 0 Å². The van der Waals surface area contributed by atoms with Crippen molar-refractivity contribution in [3.63, 3.8) is 0 Å². The van der Waals surface area contributed by atoms with Crippen LogP contribution in [0.1, 0.15) is 34.1 Å². The van der Waals surface area contributed by atoms with Crippen LogP contribution in [-0.4, -0.2) is 57.3 Å². The van der Waals surface area contributed by atoms with E-state index in [0.29, 0.717) is 6.04 Å². The van der Waals surface area contributed by atoms with Crippen molar-refractivity contribution >= 4 is 17.6 Å². The summed E-state index contributed by atoms with van der Waals surface area (Å²) < 4.78 is 0. The van der Waals surface area contributed by atoms with E-state index in [1.165, 1.54) is 0 Å². The molecule has 6 heteroatoms. The van der Waals surface area contributed by atoms with Gasteiger partial charge in [-0.3, -0.25) is 4.90 Å². The first kappa shape index (κ1) is 19.1. The molecule has 1 aliphatic rings. The molecule has 3 rings (SSSR count). The molecule has 1 aliphatic heterocycles. The number of thioether (sulfide) groups is 1. The molecule has 3 heterocycles. The number of aromatic nitrogens is 3. The van der Waals surface area contributed by atoms with E-state index < -0.39 is 0 Å². The number of nitrogens with zero attached hydrogens (tertiary/aromatic N) is 5. The van der Waals surface area contributed by atoms with Gasteiger partial charge in [-0.1, -0.05) is 18.7 Å². The smallest absolute Gasteiger partial charge is 0.187 e. The first-order chi connectivity index (χ1) is 12.4. The maximum absolute atomic E-state index is 4.73. The van der Waals surface area contributed by atoms with Crippen LogP contribution in [0.5, 0.6) is 0 Å². The Kier molecular flexibility index (Phi) is 5.82. The van der Waals surface area contributed by atoms with Crippen molar-refractivity contribution in [2.24, 2.45) is 0 Å². The molecule has 0 amide bonds. The lowest BCUT2D eigenvalue weighted by Crippen LogP contribution is -2.59. The molecule has 5 nitrogen and oxygen atoms in total. The monoisotopic (exact) mass is 371 g/mol. The fraction of sp³-hybridized carbons (Fsp3) is 0.550. The highest BCUT2D eigenvalue weighted by atomic mass is 32.2. The number of pyridine rings is 1. The lowest BCUT2D eigenvalue weighted by Gasteiger charge is -2.48. The molecule has 1 fully saturated rings. The molecule has 0 spiro atoms. The Hall–Kier alpha value is -1.66. The van der Waals surface area contributed by atoms with Crippen LogP contribution in [-0.2, 0) is 0 Å². The molecule has 1 atom stereocenters. The van der Waals surface area contributed by atoms with Gasteiger partial charge in [0.1, 0.15) is 5.82 Å². The van der Waals surface area contributed by atoms with Gasteiger partial charge in [0.25, 0.3) is 0 Å². The van der Waals surface area contributed by atoms with Gasteiger partial charge in [0.15, 0.2) is 5.16 Å². The highest BCUT2D eigenvalue weighted by molar-refractivity contribution is 7.98. The number of anilines is 1. The molecule has 0 radical (unpaired) electrons. The van der Waals surface area contributed by atoms with Crippen molar-refractivity contribution in [3.05, 3.63) is 30.6 Å². The summed E-state index contributed by atoms with van der Waals surface area (Å²) in [5, 5.41) is 0.788.